The first-order valence-electron chi connectivity index (χ1n) is 5.43. The Hall–Kier alpha value is -0.0900. The molecule has 0 aliphatic heterocycles. The van der Waals surface area contributed by atoms with Crippen LogP contribution in [0.15, 0.2) is 12.1 Å². The van der Waals surface area contributed by atoms with Crippen molar-refractivity contribution >= 4 is 22.9 Å². The van der Waals surface area contributed by atoms with Gasteiger partial charge in [-0.15, -0.1) is 11.3 Å². The lowest BCUT2D eigenvalue weighted by atomic mass is 10.1. The number of nitrogens with one attached hydrogen (secondary N) is 1. The maximum Gasteiger partial charge on any atom is 0.0931 e. The Morgan fingerprint density at radius 2 is 2.27 bits per heavy atom. The smallest absolute Gasteiger partial charge is 0.0931 e. The zero-order chi connectivity index (χ0) is 11.1. The average Bonchev–Trinajstić information content (AvgIpc) is 2.60. The third-order valence-electron chi connectivity index (χ3n) is 2.28. The van der Waals surface area contributed by atoms with E-state index in [0.717, 1.165) is 30.3 Å². The molecule has 1 unspecified atom stereocenters. The standard InChI is InChI=1S/C11H19ClN2S/c1-2-3-9(13)6-7-14-8-10-4-5-11(12)15-10/h4-5,9,14H,2-3,6-8,13H2,1H3. The molecule has 0 saturated heterocycles. The predicted octanol–water partition coefficient (Wildman–Crippen LogP) is 3.01. The molecule has 3 N–H and O–H groups in total. The zero-order valence-electron chi connectivity index (χ0n) is 9.13. The van der Waals surface area contributed by atoms with Crippen LogP contribution in [0.5, 0.6) is 0 Å². The summed E-state index contributed by atoms with van der Waals surface area (Å²) in [4.78, 5) is 1.28. The second-order valence-electron chi connectivity index (χ2n) is 3.72. The fraction of sp³-hybridized carbons (Fsp3) is 0.636. The molecular weight excluding hydrogens is 228 g/mol. The SMILES string of the molecule is CCCC(N)CCNCc1ccc(Cl)s1. The van der Waals surface area contributed by atoms with Crippen molar-refractivity contribution in [3.8, 4) is 0 Å². The van der Waals surface area contributed by atoms with Gasteiger partial charge in [-0.1, -0.05) is 24.9 Å². The van der Waals surface area contributed by atoms with E-state index in [1.165, 1.54) is 11.3 Å². The van der Waals surface area contributed by atoms with Crippen LogP contribution in [0.25, 0.3) is 0 Å². The lowest BCUT2D eigenvalue weighted by Crippen LogP contribution is -2.26. The van der Waals surface area contributed by atoms with E-state index in [0.29, 0.717) is 6.04 Å². The second kappa shape index (κ2) is 7.23. The summed E-state index contributed by atoms with van der Waals surface area (Å²) < 4.78 is 0.856. The number of nitrogens with two attached hydrogens (primary N) is 1. The topological polar surface area (TPSA) is 38.0 Å². The van der Waals surface area contributed by atoms with Crippen LogP contribution >= 0.6 is 22.9 Å². The third-order valence-corrected chi connectivity index (χ3v) is 3.51. The van der Waals surface area contributed by atoms with Gasteiger partial charge in [-0.2, -0.15) is 0 Å². The molecule has 0 fully saturated rings. The summed E-state index contributed by atoms with van der Waals surface area (Å²) in [6, 6.07) is 4.34. The zero-order valence-corrected chi connectivity index (χ0v) is 10.7. The van der Waals surface area contributed by atoms with Crippen LogP contribution in [-0.2, 0) is 6.54 Å². The summed E-state index contributed by atoms with van der Waals surface area (Å²) in [5.41, 5.74) is 5.91. The fourth-order valence-corrected chi connectivity index (χ4v) is 2.52. The van der Waals surface area contributed by atoms with Gasteiger partial charge in [0.05, 0.1) is 4.34 Å². The lowest BCUT2D eigenvalue weighted by Gasteiger charge is -2.10. The van der Waals surface area contributed by atoms with E-state index in [1.54, 1.807) is 11.3 Å². The molecule has 1 heterocycles. The van der Waals surface area contributed by atoms with Crippen LogP contribution in [0.2, 0.25) is 4.34 Å². The predicted molar refractivity (Wildman–Crippen MR) is 68.5 cm³/mol. The normalized spacial score (nSPS) is 13.0. The van der Waals surface area contributed by atoms with Crippen molar-refractivity contribution in [2.45, 2.75) is 38.8 Å². The van der Waals surface area contributed by atoms with Crippen molar-refractivity contribution in [2.75, 3.05) is 6.54 Å². The minimum atomic E-state index is 0.342. The van der Waals surface area contributed by atoms with Gasteiger partial charge in [0.1, 0.15) is 0 Å². The van der Waals surface area contributed by atoms with E-state index in [4.69, 9.17) is 17.3 Å². The highest BCUT2D eigenvalue weighted by atomic mass is 35.5. The third kappa shape index (κ3) is 5.52. The van der Waals surface area contributed by atoms with Crippen molar-refractivity contribution in [1.29, 1.82) is 0 Å². The van der Waals surface area contributed by atoms with Gasteiger partial charge in [0, 0.05) is 17.5 Å². The van der Waals surface area contributed by atoms with Crippen molar-refractivity contribution in [3.05, 3.63) is 21.3 Å². The Morgan fingerprint density at radius 3 is 2.87 bits per heavy atom. The van der Waals surface area contributed by atoms with Gasteiger partial charge in [0.15, 0.2) is 0 Å². The monoisotopic (exact) mass is 246 g/mol. The number of rotatable bonds is 7. The van der Waals surface area contributed by atoms with Gasteiger partial charge < -0.3 is 11.1 Å². The molecule has 86 valence electrons. The molecular formula is C11H19ClN2S. The summed E-state index contributed by atoms with van der Waals surface area (Å²) >= 11 is 7.46. The summed E-state index contributed by atoms with van der Waals surface area (Å²) in [6.45, 7) is 4.05. The summed E-state index contributed by atoms with van der Waals surface area (Å²) in [6.07, 6.45) is 3.33. The molecule has 0 amide bonds. The fourth-order valence-electron chi connectivity index (χ4n) is 1.46. The summed E-state index contributed by atoms with van der Waals surface area (Å²) in [5, 5.41) is 3.38. The second-order valence-corrected chi connectivity index (χ2v) is 5.52. The average molecular weight is 247 g/mol. The molecule has 15 heavy (non-hydrogen) atoms. The van der Waals surface area contributed by atoms with E-state index in [2.05, 4.69) is 18.3 Å². The van der Waals surface area contributed by atoms with Gasteiger partial charge in [-0.3, -0.25) is 0 Å². The molecule has 0 aromatic carbocycles. The Kier molecular flexibility index (Phi) is 6.25. The van der Waals surface area contributed by atoms with E-state index >= 15 is 0 Å². The molecule has 0 aliphatic carbocycles. The quantitative estimate of drug-likeness (QED) is 0.726. The van der Waals surface area contributed by atoms with E-state index < -0.39 is 0 Å². The molecule has 0 radical (unpaired) electrons. The van der Waals surface area contributed by atoms with Gasteiger partial charge in [-0.05, 0) is 31.5 Å². The molecule has 0 bridgehead atoms. The maximum atomic E-state index is 5.91. The Balaban J connectivity index is 2.06. The first-order valence-corrected chi connectivity index (χ1v) is 6.62. The Morgan fingerprint density at radius 1 is 1.47 bits per heavy atom. The van der Waals surface area contributed by atoms with Crippen LogP contribution in [0.4, 0.5) is 0 Å². The van der Waals surface area contributed by atoms with Gasteiger partial charge >= 0.3 is 0 Å². The number of thiophene rings is 1. The number of hydrogen-bond donors (Lipinski definition) is 2. The van der Waals surface area contributed by atoms with Crippen molar-refractivity contribution in [3.63, 3.8) is 0 Å². The molecule has 1 rings (SSSR count). The highest BCUT2D eigenvalue weighted by Gasteiger charge is 2.01. The summed E-state index contributed by atoms with van der Waals surface area (Å²) in [5.74, 6) is 0. The van der Waals surface area contributed by atoms with Crippen LogP contribution < -0.4 is 11.1 Å². The first kappa shape index (κ1) is 13.0. The first-order chi connectivity index (χ1) is 7.22. The Bertz CT molecular complexity index is 275. The van der Waals surface area contributed by atoms with Crippen LogP contribution in [0, 0.1) is 0 Å². The maximum absolute atomic E-state index is 5.91. The highest BCUT2D eigenvalue weighted by Crippen LogP contribution is 2.20. The molecule has 1 aromatic rings. The van der Waals surface area contributed by atoms with Crippen molar-refractivity contribution in [1.82, 2.24) is 5.32 Å². The number of halogens is 1. The van der Waals surface area contributed by atoms with E-state index in [1.807, 2.05) is 6.07 Å². The van der Waals surface area contributed by atoms with Crippen LogP contribution in [0.3, 0.4) is 0 Å². The molecule has 1 atom stereocenters. The summed E-state index contributed by atoms with van der Waals surface area (Å²) in [7, 11) is 0. The molecule has 4 heteroatoms. The van der Waals surface area contributed by atoms with Gasteiger partial charge in [-0.25, -0.2) is 0 Å². The van der Waals surface area contributed by atoms with Crippen LogP contribution in [-0.4, -0.2) is 12.6 Å². The molecule has 2 nitrogen and oxygen atoms in total. The molecule has 0 saturated carbocycles. The van der Waals surface area contributed by atoms with Crippen molar-refractivity contribution in [2.24, 2.45) is 5.73 Å². The van der Waals surface area contributed by atoms with Gasteiger partial charge in [0.2, 0.25) is 0 Å². The number of hydrogen-bond acceptors (Lipinski definition) is 3. The molecule has 0 aliphatic rings. The van der Waals surface area contributed by atoms with E-state index in [9.17, 15) is 0 Å². The highest BCUT2D eigenvalue weighted by molar-refractivity contribution is 7.16. The largest absolute Gasteiger partial charge is 0.328 e. The minimum Gasteiger partial charge on any atom is -0.328 e. The molecule has 1 aromatic heterocycles. The van der Waals surface area contributed by atoms with E-state index in [-0.39, 0.29) is 0 Å². The van der Waals surface area contributed by atoms with Gasteiger partial charge in [0.25, 0.3) is 0 Å². The minimum absolute atomic E-state index is 0.342. The Labute approximate surface area is 101 Å². The lowest BCUT2D eigenvalue weighted by molar-refractivity contribution is 0.528. The van der Waals surface area contributed by atoms with Crippen LogP contribution in [0.1, 0.15) is 31.1 Å². The van der Waals surface area contributed by atoms with Crippen molar-refractivity contribution < 1.29 is 0 Å². The molecule has 0 spiro atoms.